The number of halogens is 1. The van der Waals surface area contributed by atoms with Gasteiger partial charge in [0.2, 0.25) is 0 Å². The van der Waals surface area contributed by atoms with E-state index in [0.29, 0.717) is 18.2 Å². The molecule has 1 N–H and O–H groups in total. The number of pyridine rings is 1. The Hall–Kier alpha value is -2.27. The highest BCUT2D eigenvalue weighted by molar-refractivity contribution is 6.29. The first kappa shape index (κ1) is 15.3. The molecule has 6 heteroatoms. The largest absolute Gasteiger partial charge is 0.465 e. The van der Waals surface area contributed by atoms with Crippen LogP contribution < -0.4 is 4.90 Å². The fraction of sp³-hybridized carbons (Fsp3) is 0.333. The molecule has 1 aromatic carbocycles. The van der Waals surface area contributed by atoms with E-state index in [1.165, 1.54) is 10.5 Å². The Bertz CT molecular complexity index is 753. The van der Waals surface area contributed by atoms with Gasteiger partial charge < -0.3 is 14.9 Å². The number of benzene rings is 1. The number of nitrogens with zero attached hydrogens (tertiary/aromatic N) is 3. The van der Waals surface area contributed by atoms with Gasteiger partial charge in [-0.2, -0.15) is 0 Å². The molecule has 2 fully saturated rings. The van der Waals surface area contributed by atoms with Crippen molar-refractivity contribution in [3.05, 3.63) is 59.4 Å². The van der Waals surface area contributed by atoms with Crippen LogP contribution in [0.5, 0.6) is 0 Å². The van der Waals surface area contributed by atoms with Crippen molar-refractivity contribution >= 4 is 23.4 Å². The second-order valence-corrected chi connectivity index (χ2v) is 7.06. The highest BCUT2D eigenvalue weighted by Gasteiger charge is 2.58. The van der Waals surface area contributed by atoms with Crippen molar-refractivity contribution in [1.82, 2.24) is 9.88 Å². The van der Waals surface area contributed by atoms with Gasteiger partial charge in [-0.15, -0.1) is 0 Å². The number of rotatable bonds is 3. The van der Waals surface area contributed by atoms with Crippen LogP contribution in [0.25, 0.3) is 0 Å². The molecule has 5 nitrogen and oxygen atoms in total. The van der Waals surface area contributed by atoms with Crippen LogP contribution in [0, 0.1) is 5.41 Å². The Morgan fingerprint density at radius 3 is 2.71 bits per heavy atom. The molecule has 2 aliphatic heterocycles. The Morgan fingerprint density at radius 2 is 2.04 bits per heavy atom. The molecule has 0 unspecified atom stereocenters. The lowest BCUT2D eigenvalue weighted by atomic mass is 9.69. The van der Waals surface area contributed by atoms with Gasteiger partial charge in [-0.1, -0.05) is 41.9 Å². The lowest BCUT2D eigenvalue weighted by Crippen LogP contribution is -2.65. The van der Waals surface area contributed by atoms with E-state index in [0.717, 1.165) is 18.7 Å². The van der Waals surface area contributed by atoms with Gasteiger partial charge in [-0.05, 0) is 24.1 Å². The predicted molar refractivity (Wildman–Crippen MR) is 92.6 cm³/mol. The number of hydrogen-bond acceptors (Lipinski definition) is 3. The van der Waals surface area contributed by atoms with Gasteiger partial charge in [0.1, 0.15) is 5.15 Å². The summed E-state index contributed by atoms with van der Waals surface area (Å²) in [5.74, 6) is 0. The summed E-state index contributed by atoms with van der Waals surface area (Å²) in [4.78, 5) is 19.4. The van der Waals surface area contributed by atoms with E-state index in [1.54, 1.807) is 12.3 Å². The molecular weight excluding hydrogens is 326 g/mol. The molecule has 1 amide bonds. The fourth-order valence-electron chi connectivity index (χ4n) is 4.06. The van der Waals surface area contributed by atoms with Gasteiger partial charge in [0.25, 0.3) is 0 Å². The summed E-state index contributed by atoms with van der Waals surface area (Å²) in [5, 5.41) is 9.89. The number of anilines is 1. The minimum atomic E-state index is -0.842. The van der Waals surface area contributed by atoms with Gasteiger partial charge in [0.15, 0.2) is 0 Å². The molecule has 3 heterocycles. The van der Waals surface area contributed by atoms with Crippen molar-refractivity contribution in [3.63, 3.8) is 0 Å². The van der Waals surface area contributed by atoms with Crippen LogP contribution in [0.1, 0.15) is 5.56 Å². The number of fused-ring (bicyclic) bond motifs is 1. The molecule has 2 atom stereocenters. The maximum Gasteiger partial charge on any atom is 0.407 e. The highest BCUT2D eigenvalue weighted by atomic mass is 35.5. The molecule has 0 radical (unpaired) electrons. The third kappa shape index (κ3) is 2.49. The normalized spacial score (nSPS) is 25.3. The van der Waals surface area contributed by atoms with E-state index in [1.807, 2.05) is 24.3 Å². The Labute approximate surface area is 145 Å². The smallest absolute Gasteiger partial charge is 0.407 e. The summed E-state index contributed by atoms with van der Waals surface area (Å²) in [6.07, 6.45) is 1.81. The number of aromatic nitrogens is 1. The molecule has 4 rings (SSSR count). The van der Waals surface area contributed by atoms with E-state index < -0.39 is 6.09 Å². The van der Waals surface area contributed by atoms with Crippen molar-refractivity contribution in [1.29, 1.82) is 0 Å². The fourth-order valence-corrected chi connectivity index (χ4v) is 4.17. The SMILES string of the molecule is O=C(O)N1C[C@H]2N(c3ccc(Cl)nc3)C[C@@]2(Cc2ccccc2)C1. The number of carboxylic acid groups (broad SMARTS) is 1. The maximum atomic E-state index is 11.5. The zero-order chi connectivity index (χ0) is 16.7. The average molecular weight is 344 g/mol. The molecule has 0 saturated carbocycles. The minimum absolute atomic E-state index is 0.0284. The summed E-state index contributed by atoms with van der Waals surface area (Å²) in [5.41, 5.74) is 2.23. The lowest BCUT2D eigenvalue weighted by molar-refractivity contribution is 0.144. The summed E-state index contributed by atoms with van der Waals surface area (Å²) in [6, 6.07) is 14.2. The topological polar surface area (TPSA) is 56.7 Å². The lowest BCUT2D eigenvalue weighted by Gasteiger charge is -2.54. The first-order chi connectivity index (χ1) is 11.6. The Balaban J connectivity index is 1.60. The third-order valence-corrected chi connectivity index (χ3v) is 5.40. The van der Waals surface area contributed by atoms with Gasteiger partial charge in [-0.3, -0.25) is 0 Å². The average Bonchev–Trinajstić information content (AvgIpc) is 2.84. The van der Waals surface area contributed by atoms with Gasteiger partial charge in [0.05, 0.1) is 17.9 Å². The van der Waals surface area contributed by atoms with Crippen LogP contribution in [0.2, 0.25) is 5.15 Å². The molecule has 1 aromatic heterocycles. The molecule has 124 valence electrons. The zero-order valence-electron chi connectivity index (χ0n) is 13.1. The van der Waals surface area contributed by atoms with Crippen molar-refractivity contribution in [3.8, 4) is 0 Å². The maximum absolute atomic E-state index is 11.5. The van der Waals surface area contributed by atoms with Crippen molar-refractivity contribution in [2.75, 3.05) is 24.5 Å². The van der Waals surface area contributed by atoms with E-state index in [-0.39, 0.29) is 11.5 Å². The van der Waals surface area contributed by atoms with Crippen LogP contribution in [-0.4, -0.2) is 46.8 Å². The second kappa shape index (κ2) is 5.67. The summed E-state index contributed by atoms with van der Waals surface area (Å²) < 4.78 is 0. The van der Waals surface area contributed by atoms with E-state index in [9.17, 15) is 9.90 Å². The second-order valence-electron chi connectivity index (χ2n) is 6.67. The van der Waals surface area contributed by atoms with E-state index >= 15 is 0 Å². The van der Waals surface area contributed by atoms with Gasteiger partial charge in [-0.25, -0.2) is 9.78 Å². The summed E-state index contributed by atoms with van der Waals surface area (Å²) in [7, 11) is 0. The Kier molecular flexibility index (Phi) is 3.61. The van der Waals surface area contributed by atoms with Crippen LogP contribution >= 0.6 is 11.6 Å². The standard InChI is InChI=1S/C18H18ClN3O2/c19-16-7-6-14(9-20-16)22-12-18(8-13-4-2-1-3-5-13)11-21(17(23)24)10-15(18)22/h1-7,9,15H,8,10-12H2,(H,23,24)/t15-,18-/m1/s1. The van der Waals surface area contributed by atoms with Crippen LogP contribution in [0.4, 0.5) is 10.5 Å². The monoisotopic (exact) mass is 343 g/mol. The highest BCUT2D eigenvalue weighted by Crippen LogP contribution is 2.48. The van der Waals surface area contributed by atoms with E-state index in [2.05, 4.69) is 22.0 Å². The van der Waals surface area contributed by atoms with Gasteiger partial charge >= 0.3 is 6.09 Å². The Morgan fingerprint density at radius 1 is 1.25 bits per heavy atom. The number of hydrogen-bond donors (Lipinski definition) is 1. The molecule has 0 spiro atoms. The summed E-state index contributed by atoms with van der Waals surface area (Å²) >= 11 is 5.87. The van der Waals surface area contributed by atoms with Crippen LogP contribution in [0.3, 0.4) is 0 Å². The van der Waals surface area contributed by atoms with Crippen molar-refractivity contribution in [2.45, 2.75) is 12.5 Å². The summed E-state index contributed by atoms with van der Waals surface area (Å²) in [6.45, 7) is 1.95. The first-order valence-electron chi connectivity index (χ1n) is 7.97. The minimum Gasteiger partial charge on any atom is -0.465 e. The molecule has 2 aromatic rings. The van der Waals surface area contributed by atoms with Crippen LogP contribution in [-0.2, 0) is 6.42 Å². The molecule has 0 aliphatic carbocycles. The number of likely N-dealkylation sites (tertiary alicyclic amines) is 1. The van der Waals surface area contributed by atoms with E-state index in [4.69, 9.17) is 11.6 Å². The third-order valence-electron chi connectivity index (χ3n) is 5.18. The quantitative estimate of drug-likeness (QED) is 0.870. The molecular formula is C18H18ClN3O2. The molecule has 0 bridgehead atoms. The molecule has 24 heavy (non-hydrogen) atoms. The number of carbonyl (C=O) groups is 1. The predicted octanol–water partition coefficient (Wildman–Crippen LogP) is 3.15. The van der Waals surface area contributed by atoms with Crippen molar-refractivity contribution < 1.29 is 9.90 Å². The number of amides is 1. The van der Waals surface area contributed by atoms with Gasteiger partial charge in [0, 0.05) is 25.0 Å². The van der Waals surface area contributed by atoms with Crippen LogP contribution in [0.15, 0.2) is 48.7 Å². The van der Waals surface area contributed by atoms with Crippen molar-refractivity contribution in [2.24, 2.45) is 5.41 Å². The first-order valence-corrected chi connectivity index (χ1v) is 8.35. The molecule has 2 aliphatic rings. The molecule has 2 saturated heterocycles. The zero-order valence-corrected chi connectivity index (χ0v) is 13.9.